The third kappa shape index (κ3) is 2.42. The predicted octanol–water partition coefficient (Wildman–Crippen LogP) is -0.564. The summed E-state index contributed by atoms with van der Waals surface area (Å²) in [5.41, 5.74) is 5.55. The zero-order valence-corrected chi connectivity index (χ0v) is 9.94. The number of hydrogen-bond acceptors (Lipinski definition) is 4. The van der Waals surface area contributed by atoms with Crippen LogP contribution in [0.4, 0.5) is 0 Å². The molecule has 16 heavy (non-hydrogen) atoms. The van der Waals surface area contributed by atoms with Crippen molar-refractivity contribution >= 4 is 10.0 Å². The Hall–Kier alpha value is -0.920. The molecule has 90 valence electrons. The lowest BCUT2D eigenvalue weighted by Crippen LogP contribution is -2.41. The Balaban J connectivity index is 2.12. The fourth-order valence-corrected chi connectivity index (χ4v) is 2.92. The Bertz CT molecular complexity index is 464. The highest BCUT2D eigenvalue weighted by atomic mass is 32.2. The van der Waals surface area contributed by atoms with Crippen molar-refractivity contribution in [3.8, 4) is 0 Å². The summed E-state index contributed by atoms with van der Waals surface area (Å²) in [7, 11) is -1.79. The number of nitrogens with zero attached hydrogens (tertiary/aromatic N) is 2. The monoisotopic (exact) mass is 244 g/mol. The lowest BCUT2D eigenvalue weighted by Gasteiger charge is -2.14. The van der Waals surface area contributed by atoms with Gasteiger partial charge in [-0.1, -0.05) is 0 Å². The molecule has 1 unspecified atom stereocenters. The van der Waals surface area contributed by atoms with Crippen LogP contribution in [0.15, 0.2) is 17.6 Å². The highest BCUT2D eigenvalue weighted by Crippen LogP contribution is 2.32. The second-order valence-corrected chi connectivity index (χ2v) is 5.84. The summed E-state index contributed by atoms with van der Waals surface area (Å²) in [5.74, 6) is 0.392. The molecule has 0 aliphatic heterocycles. The smallest absolute Gasteiger partial charge is 0.259 e. The molecule has 0 radical (unpaired) electrons. The van der Waals surface area contributed by atoms with Gasteiger partial charge in [-0.15, -0.1) is 0 Å². The third-order valence-electron chi connectivity index (χ3n) is 2.71. The van der Waals surface area contributed by atoms with Gasteiger partial charge in [-0.3, -0.25) is 0 Å². The Morgan fingerprint density at radius 3 is 2.81 bits per heavy atom. The molecule has 0 bridgehead atoms. The van der Waals surface area contributed by atoms with Crippen LogP contribution in [0, 0.1) is 5.92 Å². The van der Waals surface area contributed by atoms with Gasteiger partial charge in [-0.25, -0.2) is 18.1 Å². The molecular formula is C9H16N4O2S. The zero-order valence-electron chi connectivity index (χ0n) is 9.13. The number of imidazole rings is 1. The largest absolute Gasteiger partial charge is 0.339 e. The molecular weight excluding hydrogens is 228 g/mol. The minimum Gasteiger partial charge on any atom is -0.339 e. The minimum atomic E-state index is -3.52. The topological polar surface area (TPSA) is 90.0 Å². The molecule has 0 amide bonds. The number of hydrogen-bond donors (Lipinski definition) is 2. The van der Waals surface area contributed by atoms with E-state index in [0.29, 0.717) is 12.5 Å². The van der Waals surface area contributed by atoms with E-state index in [4.69, 9.17) is 5.73 Å². The maximum Gasteiger partial charge on any atom is 0.259 e. The highest BCUT2D eigenvalue weighted by Gasteiger charge is 2.33. The van der Waals surface area contributed by atoms with Crippen molar-refractivity contribution in [3.05, 3.63) is 12.5 Å². The first-order valence-electron chi connectivity index (χ1n) is 5.23. The molecule has 0 spiro atoms. The zero-order chi connectivity index (χ0) is 11.8. The Kier molecular flexibility index (Phi) is 3.00. The number of nitrogens with two attached hydrogens (primary N) is 1. The first kappa shape index (κ1) is 11.6. The maximum atomic E-state index is 11.9. The summed E-state index contributed by atoms with van der Waals surface area (Å²) in [6, 6.07) is -0.160. The average molecular weight is 244 g/mol. The molecule has 1 saturated carbocycles. The van der Waals surface area contributed by atoms with Gasteiger partial charge in [-0.2, -0.15) is 0 Å². The van der Waals surface area contributed by atoms with Crippen LogP contribution in [0.2, 0.25) is 0 Å². The summed E-state index contributed by atoms with van der Waals surface area (Å²) in [6.45, 7) is 0.330. The van der Waals surface area contributed by atoms with Crippen LogP contribution in [0.5, 0.6) is 0 Å². The normalized spacial score (nSPS) is 18.6. The van der Waals surface area contributed by atoms with Crippen molar-refractivity contribution < 1.29 is 8.42 Å². The molecule has 0 saturated heterocycles. The van der Waals surface area contributed by atoms with Crippen molar-refractivity contribution in [1.82, 2.24) is 14.3 Å². The average Bonchev–Trinajstić information content (AvgIpc) is 2.97. The van der Waals surface area contributed by atoms with E-state index in [2.05, 4.69) is 9.71 Å². The maximum absolute atomic E-state index is 11.9. The van der Waals surface area contributed by atoms with Crippen LogP contribution >= 0.6 is 0 Å². The van der Waals surface area contributed by atoms with Crippen LogP contribution in [0.25, 0.3) is 0 Å². The predicted molar refractivity (Wildman–Crippen MR) is 59.1 cm³/mol. The SMILES string of the molecule is Cn1cnc(S(=O)(=O)NC(CN)C2CC2)c1. The summed E-state index contributed by atoms with van der Waals surface area (Å²) in [4.78, 5) is 3.83. The third-order valence-corrected chi connectivity index (χ3v) is 4.08. The van der Waals surface area contributed by atoms with Gasteiger partial charge in [0.15, 0.2) is 5.03 Å². The highest BCUT2D eigenvalue weighted by molar-refractivity contribution is 7.89. The standard InChI is InChI=1S/C9H16N4O2S/c1-13-5-9(11-6-13)16(14,15)12-8(4-10)7-2-3-7/h5-8,12H,2-4,10H2,1H3. The fourth-order valence-electron chi connectivity index (χ4n) is 1.62. The molecule has 1 atom stereocenters. The van der Waals surface area contributed by atoms with Gasteiger partial charge in [0.1, 0.15) is 0 Å². The van der Waals surface area contributed by atoms with E-state index in [1.807, 2.05) is 0 Å². The molecule has 2 rings (SSSR count). The molecule has 1 aromatic heterocycles. The van der Waals surface area contributed by atoms with Crippen molar-refractivity contribution in [2.24, 2.45) is 18.7 Å². The van der Waals surface area contributed by atoms with E-state index in [0.717, 1.165) is 12.8 Å². The number of sulfonamides is 1. The van der Waals surface area contributed by atoms with Crippen LogP contribution in [-0.4, -0.2) is 30.6 Å². The first-order chi connectivity index (χ1) is 7.53. The Morgan fingerprint density at radius 1 is 1.69 bits per heavy atom. The fraction of sp³-hybridized carbons (Fsp3) is 0.667. The molecule has 1 aliphatic rings. The van der Waals surface area contributed by atoms with Crippen molar-refractivity contribution in [1.29, 1.82) is 0 Å². The molecule has 1 aromatic rings. The van der Waals surface area contributed by atoms with Crippen LogP contribution < -0.4 is 10.5 Å². The van der Waals surface area contributed by atoms with Crippen LogP contribution in [0.1, 0.15) is 12.8 Å². The van der Waals surface area contributed by atoms with E-state index in [1.165, 1.54) is 12.5 Å². The lowest BCUT2D eigenvalue weighted by atomic mass is 10.2. The van der Waals surface area contributed by atoms with Gasteiger partial charge in [0, 0.05) is 25.8 Å². The van der Waals surface area contributed by atoms with E-state index < -0.39 is 10.0 Å². The molecule has 1 aliphatic carbocycles. The summed E-state index contributed by atoms with van der Waals surface area (Å²) in [6.07, 6.45) is 5.03. The second kappa shape index (κ2) is 4.15. The second-order valence-electron chi connectivity index (χ2n) is 4.18. The van der Waals surface area contributed by atoms with Crippen molar-refractivity contribution in [3.63, 3.8) is 0 Å². The van der Waals surface area contributed by atoms with Gasteiger partial charge in [0.05, 0.1) is 6.33 Å². The summed E-state index contributed by atoms with van der Waals surface area (Å²) < 4.78 is 28.0. The number of aromatic nitrogens is 2. The van der Waals surface area contributed by atoms with Crippen molar-refractivity contribution in [2.45, 2.75) is 23.9 Å². The van der Waals surface area contributed by atoms with Gasteiger partial charge in [0.25, 0.3) is 10.0 Å². The summed E-state index contributed by atoms with van der Waals surface area (Å²) >= 11 is 0. The minimum absolute atomic E-state index is 0.0501. The summed E-state index contributed by atoms with van der Waals surface area (Å²) in [5, 5.41) is 0.0501. The first-order valence-corrected chi connectivity index (χ1v) is 6.71. The lowest BCUT2D eigenvalue weighted by molar-refractivity contribution is 0.517. The van der Waals surface area contributed by atoms with Crippen LogP contribution in [-0.2, 0) is 17.1 Å². The molecule has 7 heteroatoms. The quantitative estimate of drug-likeness (QED) is 0.726. The van der Waals surface area contributed by atoms with Gasteiger partial charge in [0.2, 0.25) is 0 Å². The Labute approximate surface area is 94.9 Å². The van der Waals surface area contributed by atoms with Gasteiger partial charge in [-0.05, 0) is 18.8 Å². The number of aryl methyl sites for hydroxylation is 1. The van der Waals surface area contributed by atoms with Crippen molar-refractivity contribution in [2.75, 3.05) is 6.54 Å². The van der Waals surface area contributed by atoms with E-state index >= 15 is 0 Å². The molecule has 1 fully saturated rings. The molecule has 3 N–H and O–H groups in total. The molecule has 6 nitrogen and oxygen atoms in total. The van der Waals surface area contributed by atoms with Gasteiger partial charge < -0.3 is 10.3 Å². The number of nitrogens with one attached hydrogen (secondary N) is 1. The van der Waals surface area contributed by atoms with E-state index in [1.54, 1.807) is 11.6 Å². The van der Waals surface area contributed by atoms with Gasteiger partial charge >= 0.3 is 0 Å². The van der Waals surface area contributed by atoms with Crippen LogP contribution in [0.3, 0.4) is 0 Å². The Morgan fingerprint density at radius 2 is 2.38 bits per heavy atom. The molecule has 0 aromatic carbocycles. The van der Waals surface area contributed by atoms with E-state index in [9.17, 15) is 8.42 Å². The van der Waals surface area contributed by atoms with E-state index in [-0.39, 0.29) is 11.1 Å². The molecule has 1 heterocycles. The number of rotatable bonds is 5.